The number of nitrogens with one attached hydrogen (secondary N) is 1. The van der Waals surface area contributed by atoms with Crippen LogP contribution in [-0.4, -0.2) is 79.9 Å². The minimum absolute atomic E-state index is 0.0716. The molecule has 1 saturated heterocycles. The van der Waals surface area contributed by atoms with Crippen LogP contribution in [0.5, 0.6) is 0 Å². The molecule has 41 heavy (non-hydrogen) atoms. The quantitative estimate of drug-likeness (QED) is 0.456. The number of aliphatic imine (C=N–C) groups is 1. The summed E-state index contributed by atoms with van der Waals surface area (Å²) in [5.74, 6) is -0.846. The smallest absolute Gasteiger partial charge is 0.159 e. The number of fused-ring (bicyclic) bond motifs is 2. The number of anilines is 2. The van der Waals surface area contributed by atoms with E-state index in [1.54, 1.807) is 12.1 Å². The van der Waals surface area contributed by atoms with Gasteiger partial charge in [0.15, 0.2) is 11.0 Å². The van der Waals surface area contributed by atoms with Crippen molar-refractivity contribution in [3.05, 3.63) is 69.3 Å². The Kier molecular flexibility index (Phi) is 8.27. The first kappa shape index (κ1) is 28.9. The Labute approximate surface area is 247 Å². The fraction of sp³-hybridized carbons (Fsp3) is 0.345. The summed E-state index contributed by atoms with van der Waals surface area (Å²) in [6.45, 7) is 7.39. The number of hydrogen-bond donors (Lipinski definition) is 2. The number of piperazine rings is 1. The largest absolute Gasteiger partial charge is 0.381 e. The number of aromatic nitrogens is 1. The fourth-order valence-corrected chi connectivity index (χ4v) is 6.15. The van der Waals surface area contributed by atoms with Crippen LogP contribution < -0.4 is 16.0 Å². The van der Waals surface area contributed by atoms with Gasteiger partial charge in [0.05, 0.1) is 15.6 Å². The first-order valence-electron chi connectivity index (χ1n) is 13.2. The number of rotatable bonds is 7. The van der Waals surface area contributed by atoms with E-state index in [1.165, 1.54) is 12.2 Å². The first-order chi connectivity index (χ1) is 19.6. The molecule has 3 aliphatic rings. The second kappa shape index (κ2) is 11.7. The second-order valence-corrected chi connectivity index (χ2v) is 11.8. The highest BCUT2D eigenvalue weighted by Crippen LogP contribution is 2.43. The van der Waals surface area contributed by atoms with Crippen molar-refractivity contribution in [1.29, 1.82) is 5.26 Å². The van der Waals surface area contributed by atoms with E-state index in [1.807, 2.05) is 26.0 Å². The lowest BCUT2D eigenvalue weighted by Gasteiger charge is -2.35. The molecule has 0 saturated carbocycles. The van der Waals surface area contributed by atoms with E-state index in [9.17, 15) is 9.65 Å². The van der Waals surface area contributed by atoms with E-state index in [-0.39, 0.29) is 27.1 Å². The number of halogens is 3. The minimum atomic E-state index is -0.673. The molecule has 3 N–H and O–H groups in total. The van der Waals surface area contributed by atoms with Crippen LogP contribution >= 0.6 is 23.4 Å². The Bertz CT molecular complexity index is 1580. The number of hydrogen-bond acceptors (Lipinski definition) is 9. The number of nitrogens with zero attached hydrogens (tertiary/aromatic N) is 6. The van der Waals surface area contributed by atoms with E-state index < -0.39 is 17.7 Å². The van der Waals surface area contributed by atoms with Crippen molar-refractivity contribution in [2.45, 2.75) is 12.5 Å². The van der Waals surface area contributed by atoms with Crippen molar-refractivity contribution in [2.75, 3.05) is 64.1 Å². The van der Waals surface area contributed by atoms with Crippen LogP contribution in [0.15, 0.2) is 52.3 Å². The molecule has 8 nitrogen and oxygen atoms in total. The van der Waals surface area contributed by atoms with Gasteiger partial charge in [0, 0.05) is 69.9 Å². The van der Waals surface area contributed by atoms with Crippen LogP contribution in [-0.2, 0) is 0 Å². The zero-order valence-corrected chi connectivity index (χ0v) is 24.7. The van der Waals surface area contributed by atoms with Gasteiger partial charge in [0.1, 0.15) is 34.8 Å². The average molecular weight is 597 g/mol. The zero-order chi connectivity index (χ0) is 29.4. The van der Waals surface area contributed by atoms with Gasteiger partial charge in [0.25, 0.3) is 0 Å². The molecular formula is C29H31ClF2N8S. The van der Waals surface area contributed by atoms with Gasteiger partial charge < -0.3 is 25.8 Å². The van der Waals surface area contributed by atoms with Crippen LogP contribution in [0.3, 0.4) is 0 Å². The molecule has 3 heterocycles. The van der Waals surface area contributed by atoms with Crippen LogP contribution in [0.1, 0.15) is 17.5 Å². The molecule has 214 valence electrons. The summed E-state index contributed by atoms with van der Waals surface area (Å²) >= 11 is 7.82. The van der Waals surface area contributed by atoms with E-state index in [0.717, 1.165) is 30.5 Å². The number of pyridine rings is 1. The molecule has 1 aromatic heterocycles. The molecule has 0 amide bonds. The molecule has 1 fully saturated rings. The third-order valence-electron chi connectivity index (χ3n) is 7.43. The Balaban J connectivity index is 1.67. The maximum atomic E-state index is 16.6. The van der Waals surface area contributed by atoms with Crippen molar-refractivity contribution in [2.24, 2.45) is 10.7 Å². The second-order valence-electron chi connectivity index (χ2n) is 10.3. The predicted octanol–water partition coefficient (Wildman–Crippen LogP) is 5.09. The highest BCUT2D eigenvalue weighted by Gasteiger charge is 2.30. The van der Waals surface area contributed by atoms with Gasteiger partial charge in [-0.15, -0.1) is 0 Å². The summed E-state index contributed by atoms with van der Waals surface area (Å²) in [5, 5.41) is 14.4. The topological polar surface area (TPSA) is 96.8 Å². The number of nitriles is 1. The molecule has 0 spiro atoms. The molecule has 2 aromatic rings. The van der Waals surface area contributed by atoms with Gasteiger partial charge in [-0.3, -0.25) is 0 Å². The van der Waals surface area contributed by atoms with Crippen LogP contribution in [0.2, 0.25) is 5.02 Å². The summed E-state index contributed by atoms with van der Waals surface area (Å²) in [6, 6.07) is 3.29. The van der Waals surface area contributed by atoms with Crippen LogP contribution in [0.4, 0.5) is 20.3 Å². The summed E-state index contributed by atoms with van der Waals surface area (Å²) in [4.78, 5) is 15.5. The maximum absolute atomic E-state index is 16.6. The van der Waals surface area contributed by atoms with Crippen molar-refractivity contribution in [1.82, 2.24) is 14.8 Å². The van der Waals surface area contributed by atoms with Crippen molar-refractivity contribution >= 4 is 56.5 Å². The Hall–Kier alpha value is -3.59. The number of likely N-dealkylation sites (N-methyl/N-ethyl adjacent to an activating group) is 1. The molecule has 0 bridgehead atoms. The van der Waals surface area contributed by atoms with Gasteiger partial charge in [-0.2, -0.15) is 5.26 Å². The molecule has 0 radical (unpaired) electrons. The first-order valence-corrected chi connectivity index (χ1v) is 14.4. The predicted molar refractivity (Wildman–Crippen MR) is 165 cm³/mol. The standard InChI is InChI=1S/C29H31ClF2N8S/c1-16(38(2)3)7-8-35-28-19(15-33)26(40-11-9-39(4)10-12-40)18-14-20(30)23(24(32)25(18)37-28)17-5-6-21(31)27-22(13-17)36-29(34)41-27/h5-6,13-14,22H,1,7-12H2,2-4H3,(H2,34,36)(H,35,37). The molecule has 5 rings (SSSR count). The SMILES string of the molecule is C=C(CCNc1nc2c(F)c(C3=CC4N=C(N)SC4=C(F)C=C3)c(Cl)cc2c(N2CCN(C)CC2)c1C#N)N(C)C. The number of nitrogens with two attached hydrogens (primary N) is 1. The molecule has 1 unspecified atom stereocenters. The van der Waals surface area contributed by atoms with E-state index >= 15 is 4.39 Å². The number of benzene rings is 1. The van der Waals surface area contributed by atoms with E-state index in [0.29, 0.717) is 53.2 Å². The number of amidine groups is 1. The fourth-order valence-electron chi connectivity index (χ4n) is 5.05. The number of thioether (sulfide) groups is 1. The molecular weight excluding hydrogens is 566 g/mol. The van der Waals surface area contributed by atoms with Gasteiger partial charge in [-0.25, -0.2) is 18.8 Å². The molecule has 2 aliphatic heterocycles. The normalized spacial score (nSPS) is 19.0. The lowest BCUT2D eigenvalue weighted by Crippen LogP contribution is -2.45. The third kappa shape index (κ3) is 5.64. The van der Waals surface area contributed by atoms with Gasteiger partial charge >= 0.3 is 0 Å². The third-order valence-corrected chi connectivity index (χ3v) is 8.70. The summed E-state index contributed by atoms with van der Waals surface area (Å²) < 4.78 is 31.4. The lowest BCUT2D eigenvalue weighted by molar-refractivity contribution is 0.313. The molecule has 12 heteroatoms. The van der Waals surface area contributed by atoms with Crippen molar-refractivity contribution in [3.63, 3.8) is 0 Å². The van der Waals surface area contributed by atoms with Crippen LogP contribution in [0, 0.1) is 17.1 Å². The molecule has 1 aromatic carbocycles. The molecule has 1 atom stereocenters. The molecule has 1 aliphatic carbocycles. The van der Waals surface area contributed by atoms with E-state index in [2.05, 4.69) is 37.7 Å². The maximum Gasteiger partial charge on any atom is 0.159 e. The Morgan fingerprint density at radius 1 is 1.29 bits per heavy atom. The Morgan fingerprint density at radius 2 is 2.02 bits per heavy atom. The Morgan fingerprint density at radius 3 is 2.71 bits per heavy atom. The van der Waals surface area contributed by atoms with Gasteiger partial charge in [0.2, 0.25) is 0 Å². The van der Waals surface area contributed by atoms with Gasteiger partial charge in [-0.05, 0) is 30.8 Å². The minimum Gasteiger partial charge on any atom is -0.381 e. The lowest BCUT2D eigenvalue weighted by atomic mass is 9.98. The summed E-state index contributed by atoms with van der Waals surface area (Å²) in [5.41, 5.74) is 8.19. The monoisotopic (exact) mass is 596 g/mol. The zero-order valence-electron chi connectivity index (χ0n) is 23.1. The van der Waals surface area contributed by atoms with Crippen molar-refractivity contribution < 1.29 is 8.78 Å². The summed E-state index contributed by atoms with van der Waals surface area (Å²) in [7, 11) is 5.86. The number of allylic oxidation sites excluding steroid dienone is 4. The highest BCUT2D eigenvalue weighted by atomic mass is 35.5. The average Bonchev–Trinajstić information content (AvgIpc) is 3.24. The van der Waals surface area contributed by atoms with Gasteiger partial charge in [-0.1, -0.05) is 36.0 Å². The van der Waals surface area contributed by atoms with Crippen LogP contribution in [0.25, 0.3) is 16.5 Å². The van der Waals surface area contributed by atoms with Crippen molar-refractivity contribution in [3.8, 4) is 6.07 Å². The van der Waals surface area contributed by atoms with E-state index in [4.69, 9.17) is 17.3 Å². The summed E-state index contributed by atoms with van der Waals surface area (Å²) in [6.07, 6.45) is 5.02. The highest BCUT2D eigenvalue weighted by molar-refractivity contribution is 8.17.